The number of rotatable bonds is 2. The van der Waals surface area contributed by atoms with Crippen LogP contribution < -0.4 is 11.1 Å². The zero-order chi connectivity index (χ0) is 14.1. The minimum atomic E-state index is -0.0505. The summed E-state index contributed by atoms with van der Waals surface area (Å²) in [5, 5.41) is 4.08. The Hall–Kier alpha value is -1.81. The van der Waals surface area contributed by atoms with Crippen molar-refractivity contribution < 1.29 is 9.21 Å². The topological polar surface area (TPSA) is 68.3 Å². The molecule has 1 aliphatic rings. The predicted octanol–water partition coefficient (Wildman–Crippen LogP) is 2.74. The first-order valence-corrected chi connectivity index (χ1v) is 7.19. The molecule has 4 heteroatoms. The number of carbonyl (C=O) groups is 1. The maximum Gasteiger partial charge on any atom is 0.255 e. The molecule has 1 fully saturated rings. The SMILES string of the molecule is Cc1cc2cccc(C(=O)NC3CCC(N)CC3)c2o1. The van der Waals surface area contributed by atoms with Crippen LogP contribution in [0.5, 0.6) is 0 Å². The van der Waals surface area contributed by atoms with Crippen LogP contribution in [0.2, 0.25) is 0 Å². The molecular weight excluding hydrogens is 252 g/mol. The van der Waals surface area contributed by atoms with Crippen molar-refractivity contribution >= 4 is 16.9 Å². The molecule has 2 aromatic rings. The van der Waals surface area contributed by atoms with Gasteiger partial charge in [0.1, 0.15) is 11.3 Å². The second-order valence-corrected chi connectivity index (χ2v) is 5.67. The summed E-state index contributed by atoms with van der Waals surface area (Å²) >= 11 is 0. The van der Waals surface area contributed by atoms with Gasteiger partial charge in [-0.15, -0.1) is 0 Å². The monoisotopic (exact) mass is 272 g/mol. The second-order valence-electron chi connectivity index (χ2n) is 5.67. The van der Waals surface area contributed by atoms with Crippen molar-refractivity contribution in [3.05, 3.63) is 35.6 Å². The lowest BCUT2D eigenvalue weighted by Gasteiger charge is -2.26. The van der Waals surface area contributed by atoms with Crippen LogP contribution in [0.15, 0.2) is 28.7 Å². The molecule has 1 aliphatic carbocycles. The Morgan fingerprint density at radius 1 is 1.30 bits per heavy atom. The van der Waals surface area contributed by atoms with Gasteiger partial charge < -0.3 is 15.5 Å². The van der Waals surface area contributed by atoms with Crippen LogP contribution in [0.1, 0.15) is 41.8 Å². The number of amides is 1. The number of hydrogen-bond acceptors (Lipinski definition) is 3. The van der Waals surface area contributed by atoms with Gasteiger partial charge in [0.05, 0.1) is 5.56 Å². The highest BCUT2D eigenvalue weighted by atomic mass is 16.3. The summed E-state index contributed by atoms with van der Waals surface area (Å²) in [5.41, 5.74) is 7.18. The predicted molar refractivity (Wildman–Crippen MR) is 78.6 cm³/mol. The molecule has 0 unspecified atom stereocenters. The average molecular weight is 272 g/mol. The standard InChI is InChI=1S/C16H20N2O2/c1-10-9-11-3-2-4-14(15(11)20-10)16(19)18-13-7-5-12(17)6-8-13/h2-4,9,12-13H,5-8,17H2,1H3,(H,18,19). The first kappa shape index (κ1) is 13.2. The van der Waals surface area contributed by atoms with Gasteiger partial charge in [0.15, 0.2) is 0 Å². The molecule has 0 spiro atoms. The molecule has 3 rings (SSSR count). The van der Waals surface area contributed by atoms with E-state index in [1.807, 2.05) is 31.2 Å². The number of aryl methyl sites for hydroxylation is 1. The summed E-state index contributed by atoms with van der Waals surface area (Å²) in [6.07, 6.45) is 3.88. The molecule has 0 radical (unpaired) electrons. The molecule has 3 N–H and O–H groups in total. The molecule has 1 saturated carbocycles. The van der Waals surface area contributed by atoms with Crippen molar-refractivity contribution in [2.75, 3.05) is 0 Å². The summed E-state index contributed by atoms with van der Waals surface area (Å²) in [6.45, 7) is 1.89. The van der Waals surface area contributed by atoms with Crippen LogP contribution in [0.3, 0.4) is 0 Å². The van der Waals surface area contributed by atoms with E-state index in [0.717, 1.165) is 36.8 Å². The van der Waals surface area contributed by atoms with Crippen LogP contribution in [-0.4, -0.2) is 18.0 Å². The largest absolute Gasteiger partial charge is 0.461 e. The van der Waals surface area contributed by atoms with E-state index >= 15 is 0 Å². The van der Waals surface area contributed by atoms with Crippen LogP contribution in [-0.2, 0) is 0 Å². The highest BCUT2D eigenvalue weighted by Crippen LogP contribution is 2.23. The number of hydrogen-bond donors (Lipinski definition) is 2. The first-order chi connectivity index (χ1) is 9.63. The molecule has 0 saturated heterocycles. The van der Waals surface area contributed by atoms with Gasteiger partial charge in [0.25, 0.3) is 5.91 Å². The van der Waals surface area contributed by atoms with Gasteiger partial charge in [-0.1, -0.05) is 12.1 Å². The summed E-state index contributed by atoms with van der Waals surface area (Å²) < 4.78 is 5.65. The van der Waals surface area contributed by atoms with E-state index in [1.54, 1.807) is 0 Å². The van der Waals surface area contributed by atoms with Gasteiger partial charge in [-0.25, -0.2) is 0 Å². The lowest BCUT2D eigenvalue weighted by Crippen LogP contribution is -2.40. The maximum atomic E-state index is 12.4. The highest BCUT2D eigenvalue weighted by molar-refractivity contribution is 6.05. The number of benzene rings is 1. The molecule has 20 heavy (non-hydrogen) atoms. The van der Waals surface area contributed by atoms with E-state index in [1.165, 1.54) is 0 Å². The van der Waals surface area contributed by atoms with Crippen molar-refractivity contribution in [3.8, 4) is 0 Å². The van der Waals surface area contributed by atoms with Crippen molar-refractivity contribution in [3.63, 3.8) is 0 Å². The highest BCUT2D eigenvalue weighted by Gasteiger charge is 2.22. The Morgan fingerprint density at radius 2 is 2.05 bits per heavy atom. The summed E-state index contributed by atoms with van der Waals surface area (Å²) in [6, 6.07) is 8.14. The van der Waals surface area contributed by atoms with E-state index in [2.05, 4.69) is 5.32 Å². The van der Waals surface area contributed by atoms with Gasteiger partial charge >= 0.3 is 0 Å². The van der Waals surface area contributed by atoms with E-state index in [0.29, 0.717) is 17.2 Å². The molecule has 0 atom stereocenters. The third-order valence-corrected chi connectivity index (χ3v) is 4.02. The fraction of sp³-hybridized carbons (Fsp3) is 0.438. The van der Waals surface area contributed by atoms with E-state index in [4.69, 9.17) is 10.2 Å². The van der Waals surface area contributed by atoms with Gasteiger partial charge in [-0.05, 0) is 44.7 Å². The van der Waals surface area contributed by atoms with E-state index < -0.39 is 0 Å². The van der Waals surface area contributed by atoms with Crippen LogP contribution >= 0.6 is 0 Å². The Bertz CT molecular complexity index is 624. The maximum absolute atomic E-state index is 12.4. The van der Waals surface area contributed by atoms with Gasteiger partial charge in [0, 0.05) is 17.5 Å². The van der Waals surface area contributed by atoms with E-state index in [-0.39, 0.29) is 11.9 Å². The molecule has 4 nitrogen and oxygen atoms in total. The van der Waals surface area contributed by atoms with Crippen molar-refractivity contribution in [1.29, 1.82) is 0 Å². The first-order valence-electron chi connectivity index (χ1n) is 7.19. The van der Waals surface area contributed by atoms with Crippen molar-refractivity contribution in [1.82, 2.24) is 5.32 Å². The Balaban J connectivity index is 1.78. The molecule has 1 aromatic heterocycles. The molecule has 0 aliphatic heterocycles. The minimum Gasteiger partial charge on any atom is -0.461 e. The van der Waals surface area contributed by atoms with Crippen molar-refractivity contribution in [2.24, 2.45) is 5.73 Å². The normalized spacial score (nSPS) is 22.9. The van der Waals surface area contributed by atoms with Crippen molar-refractivity contribution in [2.45, 2.75) is 44.7 Å². The Labute approximate surface area is 118 Å². The van der Waals surface area contributed by atoms with Crippen LogP contribution in [0.25, 0.3) is 11.0 Å². The third-order valence-electron chi connectivity index (χ3n) is 4.02. The quantitative estimate of drug-likeness (QED) is 0.883. The second kappa shape index (κ2) is 5.29. The number of carbonyl (C=O) groups excluding carboxylic acids is 1. The molecule has 106 valence electrons. The lowest BCUT2D eigenvalue weighted by molar-refractivity contribution is 0.0926. The third kappa shape index (κ3) is 2.56. The van der Waals surface area contributed by atoms with Gasteiger partial charge in [0.2, 0.25) is 0 Å². The number of furan rings is 1. The summed E-state index contributed by atoms with van der Waals surface area (Å²) in [5.74, 6) is 0.773. The number of para-hydroxylation sites is 1. The number of nitrogens with two attached hydrogens (primary N) is 1. The summed E-state index contributed by atoms with van der Waals surface area (Å²) in [4.78, 5) is 12.4. The Morgan fingerprint density at radius 3 is 2.80 bits per heavy atom. The van der Waals surface area contributed by atoms with Gasteiger partial charge in [-0.3, -0.25) is 4.79 Å². The zero-order valence-corrected chi connectivity index (χ0v) is 11.7. The lowest BCUT2D eigenvalue weighted by atomic mass is 9.91. The summed E-state index contributed by atoms with van der Waals surface area (Å²) in [7, 11) is 0. The minimum absolute atomic E-state index is 0.0505. The smallest absolute Gasteiger partial charge is 0.255 e. The Kier molecular flexibility index (Phi) is 3.49. The fourth-order valence-electron chi connectivity index (χ4n) is 2.90. The van der Waals surface area contributed by atoms with Gasteiger partial charge in [-0.2, -0.15) is 0 Å². The molecule has 1 heterocycles. The number of fused-ring (bicyclic) bond motifs is 1. The molecule has 1 amide bonds. The average Bonchev–Trinajstić information content (AvgIpc) is 2.81. The number of nitrogens with one attached hydrogen (secondary N) is 1. The molecular formula is C16H20N2O2. The van der Waals surface area contributed by atoms with Crippen LogP contribution in [0.4, 0.5) is 0 Å². The molecule has 0 bridgehead atoms. The molecule has 1 aromatic carbocycles. The van der Waals surface area contributed by atoms with Crippen LogP contribution in [0, 0.1) is 6.92 Å². The van der Waals surface area contributed by atoms with E-state index in [9.17, 15) is 4.79 Å². The zero-order valence-electron chi connectivity index (χ0n) is 11.7. The fourth-order valence-corrected chi connectivity index (χ4v) is 2.90.